The molecule has 0 saturated carbocycles. The number of aromatic nitrogens is 3. The number of esters is 1. The smallest absolute Gasteiger partial charge is 0.302 e. The van der Waals surface area contributed by atoms with E-state index in [1.807, 2.05) is 0 Å². The molecule has 8 heteroatoms. The zero-order valence-corrected chi connectivity index (χ0v) is 20.2. The fourth-order valence-electron chi connectivity index (χ4n) is 4.14. The van der Waals surface area contributed by atoms with E-state index in [9.17, 15) is 4.79 Å². The van der Waals surface area contributed by atoms with Crippen LogP contribution in [0, 0.1) is 0 Å². The standard InChI is InChI=1S/C22H28N4O2.C3H6O2/c1-15(23-22-24-20(27-2)14-21(25-22)28-3)12-13-26-18-10-6-4-8-16(18)17-9-5-7-11-19(17)26;1-3(4)5-2/h4,6,8,10,14-15H,5,7,9,11-13H2,1-3H3,(H,23,24,25);1-2H3. The number of anilines is 1. The minimum absolute atomic E-state index is 0.220. The van der Waals surface area contributed by atoms with Crippen LogP contribution in [0.15, 0.2) is 30.3 Å². The molecule has 1 atom stereocenters. The predicted octanol–water partition coefficient (Wildman–Crippen LogP) is 4.40. The maximum atomic E-state index is 9.59. The lowest BCUT2D eigenvalue weighted by atomic mass is 9.95. The molecule has 8 nitrogen and oxygen atoms in total. The first-order valence-electron chi connectivity index (χ1n) is 11.3. The van der Waals surface area contributed by atoms with E-state index in [1.54, 1.807) is 25.8 Å². The number of carbonyl (C=O) groups excluding carboxylic acids is 1. The van der Waals surface area contributed by atoms with E-state index in [4.69, 9.17) is 9.47 Å². The van der Waals surface area contributed by atoms with Gasteiger partial charge >= 0.3 is 5.97 Å². The number of benzene rings is 1. The summed E-state index contributed by atoms with van der Waals surface area (Å²) in [5.41, 5.74) is 4.45. The van der Waals surface area contributed by atoms with Crippen LogP contribution in [0.1, 0.15) is 44.4 Å². The van der Waals surface area contributed by atoms with Crippen LogP contribution in [-0.4, -0.2) is 47.9 Å². The van der Waals surface area contributed by atoms with Gasteiger partial charge < -0.3 is 24.1 Å². The van der Waals surface area contributed by atoms with Crippen molar-refractivity contribution in [3.8, 4) is 11.8 Å². The maximum absolute atomic E-state index is 9.59. The van der Waals surface area contributed by atoms with Gasteiger partial charge in [0.2, 0.25) is 17.7 Å². The quantitative estimate of drug-likeness (QED) is 0.530. The molecule has 178 valence electrons. The van der Waals surface area contributed by atoms with Gasteiger partial charge in [-0.3, -0.25) is 4.79 Å². The number of nitrogens with one attached hydrogen (secondary N) is 1. The molecule has 0 spiro atoms. The SMILES string of the molecule is COC(C)=O.COc1cc(OC)nc(NC(C)CCn2c3c(c4ccccc42)CCCC3)n1. The van der Waals surface area contributed by atoms with Crippen molar-refractivity contribution in [2.45, 2.75) is 58.5 Å². The maximum Gasteiger partial charge on any atom is 0.302 e. The molecule has 1 aliphatic rings. The van der Waals surface area contributed by atoms with Gasteiger partial charge in [0.05, 0.1) is 27.4 Å². The molecule has 1 unspecified atom stereocenters. The third-order valence-electron chi connectivity index (χ3n) is 5.83. The van der Waals surface area contributed by atoms with Crippen molar-refractivity contribution >= 4 is 22.8 Å². The number of carbonyl (C=O) groups is 1. The Morgan fingerprint density at radius 3 is 2.36 bits per heavy atom. The summed E-state index contributed by atoms with van der Waals surface area (Å²) < 4.78 is 17.1. The molecule has 1 N–H and O–H groups in total. The third kappa shape index (κ3) is 6.15. The average molecular weight is 455 g/mol. The van der Waals surface area contributed by atoms with Gasteiger partial charge in [-0.15, -0.1) is 0 Å². The van der Waals surface area contributed by atoms with Gasteiger partial charge in [0.1, 0.15) is 0 Å². The van der Waals surface area contributed by atoms with E-state index >= 15 is 0 Å². The van der Waals surface area contributed by atoms with Gasteiger partial charge in [0, 0.05) is 36.1 Å². The zero-order chi connectivity index (χ0) is 23.8. The van der Waals surface area contributed by atoms with Crippen molar-refractivity contribution in [3.05, 3.63) is 41.6 Å². The Morgan fingerprint density at radius 1 is 1.09 bits per heavy atom. The highest BCUT2D eigenvalue weighted by molar-refractivity contribution is 5.85. The van der Waals surface area contributed by atoms with E-state index in [-0.39, 0.29) is 12.0 Å². The third-order valence-corrected chi connectivity index (χ3v) is 5.83. The van der Waals surface area contributed by atoms with E-state index in [1.165, 1.54) is 56.3 Å². The van der Waals surface area contributed by atoms with E-state index in [2.05, 4.69) is 55.8 Å². The number of methoxy groups -OCH3 is 3. The molecule has 0 radical (unpaired) electrons. The normalized spacial score (nSPS) is 13.4. The summed E-state index contributed by atoms with van der Waals surface area (Å²) in [5.74, 6) is 1.27. The van der Waals surface area contributed by atoms with E-state index in [0.717, 1.165) is 13.0 Å². The second-order valence-corrected chi connectivity index (χ2v) is 8.11. The van der Waals surface area contributed by atoms with Crippen molar-refractivity contribution in [1.82, 2.24) is 14.5 Å². The molecule has 0 saturated heterocycles. The van der Waals surface area contributed by atoms with Crippen LogP contribution in [0.3, 0.4) is 0 Å². The lowest BCUT2D eigenvalue weighted by Gasteiger charge is -2.19. The van der Waals surface area contributed by atoms with Crippen molar-refractivity contribution < 1.29 is 19.0 Å². The van der Waals surface area contributed by atoms with Crippen LogP contribution in [0.4, 0.5) is 5.95 Å². The molecular weight excluding hydrogens is 420 g/mol. The highest BCUT2D eigenvalue weighted by atomic mass is 16.5. The topological polar surface area (TPSA) is 87.5 Å². The van der Waals surface area contributed by atoms with Crippen LogP contribution < -0.4 is 14.8 Å². The molecule has 3 aromatic rings. The largest absolute Gasteiger partial charge is 0.481 e. The van der Waals surface area contributed by atoms with Gasteiger partial charge in [-0.2, -0.15) is 9.97 Å². The lowest BCUT2D eigenvalue weighted by Crippen LogP contribution is -2.20. The molecule has 0 aliphatic heterocycles. The number of hydrogen-bond acceptors (Lipinski definition) is 7. The summed E-state index contributed by atoms with van der Waals surface area (Å²) in [7, 11) is 4.53. The summed E-state index contributed by atoms with van der Waals surface area (Å²) >= 11 is 0. The molecule has 0 fully saturated rings. The zero-order valence-electron chi connectivity index (χ0n) is 20.2. The number of rotatable bonds is 7. The van der Waals surface area contributed by atoms with Gasteiger partial charge in [0.15, 0.2) is 0 Å². The number of para-hydroxylation sites is 1. The summed E-state index contributed by atoms with van der Waals surface area (Å²) in [5, 5.41) is 4.82. The molecule has 0 bridgehead atoms. The number of hydrogen-bond donors (Lipinski definition) is 1. The Bertz CT molecular complexity index is 1060. The Morgan fingerprint density at radius 2 is 1.73 bits per heavy atom. The molecule has 1 aliphatic carbocycles. The summed E-state index contributed by atoms with van der Waals surface area (Å²) in [6, 6.07) is 10.7. The van der Waals surface area contributed by atoms with Crippen LogP contribution in [0.25, 0.3) is 10.9 Å². The lowest BCUT2D eigenvalue weighted by molar-refractivity contribution is -0.137. The highest BCUT2D eigenvalue weighted by Crippen LogP contribution is 2.32. The van der Waals surface area contributed by atoms with Crippen LogP contribution in [0.2, 0.25) is 0 Å². The molecule has 33 heavy (non-hydrogen) atoms. The Kier molecular flexibility index (Phi) is 8.52. The predicted molar refractivity (Wildman–Crippen MR) is 129 cm³/mol. The first kappa shape index (κ1) is 24.4. The Labute approximate surface area is 195 Å². The van der Waals surface area contributed by atoms with E-state index in [0.29, 0.717) is 17.7 Å². The first-order valence-corrected chi connectivity index (χ1v) is 11.3. The Balaban J connectivity index is 0.000000555. The fraction of sp³-hybridized carbons (Fsp3) is 0.480. The Hall–Kier alpha value is -3.29. The van der Waals surface area contributed by atoms with Gasteiger partial charge in [-0.25, -0.2) is 0 Å². The average Bonchev–Trinajstić information content (AvgIpc) is 3.16. The van der Waals surface area contributed by atoms with Gasteiger partial charge in [-0.1, -0.05) is 18.2 Å². The summed E-state index contributed by atoms with van der Waals surface area (Å²) in [6.45, 7) is 4.50. The van der Waals surface area contributed by atoms with Crippen molar-refractivity contribution in [3.63, 3.8) is 0 Å². The van der Waals surface area contributed by atoms with Crippen LogP contribution >= 0.6 is 0 Å². The molecule has 0 amide bonds. The molecule has 1 aromatic carbocycles. The molecule has 2 aromatic heterocycles. The fourth-order valence-corrected chi connectivity index (χ4v) is 4.14. The highest BCUT2D eigenvalue weighted by Gasteiger charge is 2.20. The summed E-state index contributed by atoms with van der Waals surface area (Å²) in [4.78, 5) is 18.3. The van der Waals surface area contributed by atoms with Crippen molar-refractivity contribution in [2.24, 2.45) is 0 Å². The number of nitrogens with zero attached hydrogens (tertiary/aromatic N) is 3. The second kappa shape index (κ2) is 11.5. The van der Waals surface area contributed by atoms with Crippen molar-refractivity contribution in [1.29, 1.82) is 0 Å². The molecule has 4 rings (SSSR count). The summed E-state index contributed by atoms with van der Waals surface area (Å²) in [6.07, 6.45) is 5.95. The monoisotopic (exact) mass is 454 g/mol. The van der Waals surface area contributed by atoms with Crippen molar-refractivity contribution in [2.75, 3.05) is 26.6 Å². The van der Waals surface area contributed by atoms with Crippen LogP contribution in [0.5, 0.6) is 11.8 Å². The second-order valence-electron chi connectivity index (χ2n) is 8.11. The van der Waals surface area contributed by atoms with Gasteiger partial charge in [0.25, 0.3) is 0 Å². The minimum atomic E-state index is -0.245. The first-order chi connectivity index (χ1) is 16.0. The van der Waals surface area contributed by atoms with Crippen LogP contribution in [-0.2, 0) is 28.9 Å². The van der Waals surface area contributed by atoms with E-state index < -0.39 is 0 Å². The number of ether oxygens (including phenoxy) is 3. The number of fused-ring (bicyclic) bond motifs is 3. The molecule has 2 heterocycles. The number of aryl methyl sites for hydroxylation is 2. The molecular formula is C25H34N4O4. The van der Waals surface area contributed by atoms with Gasteiger partial charge in [-0.05, 0) is 50.7 Å². The minimum Gasteiger partial charge on any atom is -0.481 e.